The summed E-state index contributed by atoms with van der Waals surface area (Å²) in [4.78, 5) is 58.7. The van der Waals surface area contributed by atoms with E-state index in [1.807, 2.05) is 55.5 Å². The van der Waals surface area contributed by atoms with E-state index in [9.17, 15) is 29.4 Å². The fourth-order valence-electron chi connectivity index (χ4n) is 13.6. The van der Waals surface area contributed by atoms with Crippen molar-refractivity contribution >= 4 is 81.5 Å². The molecule has 12 heteroatoms. The first-order valence-corrected chi connectivity index (χ1v) is 30.7. The Hall–Kier alpha value is -11.8. The molecule has 0 unspecified atom stereocenters. The third kappa shape index (κ3) is 11.0. The molecule has 6 N–H and O–H groups in total. The molecule has 450 valence electrons. The fourth-order valence-corrected chi connectivity index (χ4v) is 13.6. The van der Waals surface area contributed by atoms with E-state index in [0.29, 0.717) is 22.5 Å². The van der Waals surface area contributed by atoms with Gasteiger partial charge in [0, 0.05) is 47.2 Å². The minimum Gasteiger partial charge on any atom is -0.477 e. The number of amides is 2. The van der Waals surface area contributed by atoms with Crippen molar-refractivity contribution in [1.82, 2.24) is 0 Å². The number of hydrogen-bond donors (Lipinski definition) is 6. The number of para-hydroxylation sites is 4. The van der Waals surface area contributed by atoms with Crippen molar-refractivity contribution in [2.75, 3.05) is 33.5 Å². The van der Waals surface area contributed by atoms with Crippen LogP contribution >= 0.6 is 0 Å². The summed E-state index contributed by atoms with van der Waals surface area (Å²) < 4.78 is 0. The molecule has 10 aromatic carbocycles. The van der Waals surface area contributed by atoms with Gasteiger partial charge in [-0.25, -0.2) is 9.59 Å². The molecule has 0 aromatic heterocycles. The van der Waals surface area contributed by atoms with E-state index < -0.39 is 40.6 Å². The summed E-state index contributed by atoms with van der Waals surface area (Å²) >= 11 is 0. The number of carbonyl (C=O) groups is 4. The van der Waals surface area contributed by atoms with Gasteiger partial charge in [0.25, 0.3) is 11.8 Å². The molecule has 2 aliphatic carbocycles. The number of nitrogens with zero attached hydrogens (tertiary/aromatic N) is 2. The lowest BCUT2D eigenvalue weighted by atomic mass is 9.69. The third-order valence-corrected chi connectivity index (χ3v) is 17.7. The van der Waals surface area contributed by atoms with Crippen molar-refractivity contribution < 1.29 is 29.4 Å². The van der Waals surface area contributed by atoms with Crippen molar-refractivity contribution in [1.29, 1.82) is 10.8 Å². The number of carbonyl (C=O) groups excluding carboxylic acids is 2. The Morgan fingerprint density at radius 2 is 0.772 bits per heavy atom. The van der Waals surface area contributed by atoms with Crippen LogP contribution in [0.5, 0.6) is 0 Å². The molecular weight excluding hydrogens is 1140 g/mol. The number of carboxylic acids is 2. The SMILES string of the molecule is C=CC.N=C(C(=O)O)/C(=C/c1ccc2c(c1)C1(c3cc(/C=C(/C(=N)C(=O)O)C(=O)Nc4ccccc4)ccc3-c3ccc(-c4ccc5c(c4)CCCN5c4ccccc4)cc31)c1cc(-c3ccc4c(c3)CCCN4c3ccccc3)ccc1-2)C(=O)Nc1ccccc1. The molecule has 92 heavy (non-hydrogen) atoms. The van der Waals surface area contributed by atoms with Crippen LogP contribution in [0.25, 0.3) is 56.7 Å². The number of hydrogen-bond acceptors (Lipinski definition) is 8. The van der Waals surface area contributed by atoms with Crippen molar-refractivity contribution in [3.05, 3.63) is 299 Å². The second-order valence-electron chi connectivity index (χ2n) is 23.3. The molecule has 2 amide bonds. The van der Waals surface area contributed by atoms with Crippen LogP contribution in [0, 0.1) is 10.8 Å². The molecule has 4 aliphatic rings. The average molecular weight is 1210 g/mol. The van der Waals surface area contributed by atoms with Crippen LogP contribution in [-0.2, 0) is 37.4 Å². The van der Waals surface area contributed by atoms with Crippen LogP contribution in [0.1, 0.15) is 64.3 Å². The Balaban J connectivity index is 0.00000253. The molecule has 12 nitrogen and oxygen atoms in total. The summed E-state index contributed by atoms with van der Waals surface area (Å²) in [6.07, 6.45) is 8.44. The van der Waals surface area contributed by atoms with Crippen LogP contribution in [0.3, 0.4) is 0 Å². The van der Waals surface area contributed by atoms with Crippen LogP contribution in [-0.4, -0.2) is 58.5 Å². The first kappa shape index (κ1) is 59.2. The summed E-state index contributed by atoms with van der Waals surface area (Å²) in [5.41, 5.74) is 16.4. The molecule has 0 saturated heterocycles. The molecule has 2 aliphatic heterocycles. The largest absolute Gasteiger partial charge is 0.477 e. The smallest absolute Gasteiger partial charge is 0.354 e. The van der Waals surface area contributed by atoms with Crippen molar-refractivity contribution in [3.8, 4) is 44.5 Å². The topological polar surface area (TPSA) is 187 Å². The zero-order valence-electron chi connectivity index (χ0n) is 50.5. The lowest BCUT2D eigenvalue weighted by molar-refractivity contribution is -0.130. The normalized spacial score (nSPS) is 14.8. The van der Waals surface area contributed by atoms with E-state index >= 15 is 0 Å². The molecule has 0 saturated carbocycles. The molecule has 0 bridgehead atoms. The number of allylic oxidation sites excluding steroid dienone is 1. The number of rotatable bonds is 14. The molecule has 0 atom stereocenters. The molecule has 0 radical (unpaired) electrons. The number of anilines is 6. The summed E-state index contributed by atoms with van der Waals surface area (Å²) in [6.45, 7) is 7.05. The maximum absolute atomic E-state index is 14.2. The Morgan fingerprint density at radius 1 is 0.446 bits per heavy atom. The van der Waals surface area contributed by atoms with E-state index in [2.05, 4.69) is 148 Å². The lowest BCUT2D eigenvalue weighted by Crippen LogP contribution is -2.27. The number of fused-ring (bicyclic) bond motifs is 12. The number of nitrogens with one attached hydrogen (secondary N) is 4. The van der Waals surface area contributed by atoms with Crippen LogP contribution < -0.4 is 20.4 Å². The molecule has 2 heterocycles. The highest BCUT2D eigenvalue weighted by molar-refractivity contribution is 6.50. The zero-order valence-corrected chi connectivity index (χ0v) is 50.5. The Labute approximate surface area is 533 Å². The minimum atomic E-state index is -1.57. The van der Waals surface area contributed by atoms with Gasteiger partial charge in [0.2, 0.25) is 0 Å². The second kappa shape index (κ2) is 25.0. The van der Waals surface area contributed by atoms with Crippen LogP contribution in [0.2, 0.25) is 0 Å². The second-order valence-corrected chi connectivity index (χ2v) is 23.3. The standard InChI is InChI=1S/C77H58N6O6.C3H6/c78-71(75(86)87)63(73(84)80-55-17-5-1-6-18-55)39-47-25-31-59-61-33-27-51(49-29-35-69-53(43-49)15-13-37-82(69)57-21-9-3-10-22-57)45-67(61)77(65(59)41-47)66-42-48(40-64(72(79)76(88)89)74(85)81-56-19-7-2-8-20-56)26-32-60(66)62-34-28-52(46-68(62)77)50-30-36-70-54(44-50)16-14-38-83(70)58-23-11-4-12-24-58;1-3-2/h1-12,17-36,39-46,78-79H,13-16,37-38H2,(H,80,84)(H,81,85)(H,86,87)(H,88,89);3H,1H2,2H3/b63-39-,64-40-,78-71?,79-72?;. The Bertz CT molecular complexity index is 4410. The predicted octanol–water partition coefficient (Wildman–Crippen LogP) is 17.0. The van der Waals surface area contributed by atoms with Gasteiger partial charge in [0.05, 0.1) is 16.6 Å². The quantitative estimate of drug-likeness (QED) is 0.0353. The van der Waals surface area contributed by atoms with E-state index in [-0.39, 0.29) is 11.1 Å². The van der Waals surface area contributed by atoms with E-state index in [4.69, 9.17) is 10.8 Å². The van der Waals surface area contributed by atoms with Gasteiger partial charge in [-0.3, -0.25) is 20.4 Å². The average Bonchev–Trinajstić information content (AvgIpc) is 1.51. The van der Waals surface area contributed by atoms with Gasteiger partial charge in [-0.15, -0.1) is 6.58 Å². The number of carboxylic acid groups (broad SMARTS) is 2. The maximum Gasteiger partial charge on any atom is 0.354 e. The van der Waals surface area contributed by atoms with E-state index in [0.717, 1.165) is 117 Å². The van der Waals surface area contributed by atoms with Crippen molar-refractivity contribution in [3.63, 3.8) is 0 Å². The highest BCUT2D eigenvalue weighted by Gasteiger charge is 2.52. The van der Waals surface area contributed by atoms with Gasteiger partial charge in [0.15, 0.2) is 11.4 Å². The first-order valence-electron chi connectivity index (χ1n) is 30.7. The van der Waals surface area contributed by atoms with Gasteiger partial charge in [-0.2, -0.15) is 0 Å². The summed E-state index contributed by atoms with van der Waals surface area (Å²) in [6, 6.07) is 76.5. The highest BCUT2D eigenvalue weighted by Crippen LogP contribution is 2.64. The maximum atomic E-state index is 14.2. The summed E-state index contributed by atoms with van der Waals surface area (Å²) in [5.74, 6) is -4.67. The zero-order chi connectivity index (χ0) is 63.6. The molecular formula is C80H64N6O6. The van der Waals surface area contributed by atoms with Gasteiger partial charge >= 0.3 is 11.9 Å². The van der Waals surface area contributed by atoms with Crippen molar-refractivity contribution in [2.45, 2.75) is 38.0 Å². The summed E-state index contributed by atoms with van der Waals surface area (Å²) in [7, 11) is 0. The predicted molar refractivity (Wildman–Crippen MR) is 370 cm³/mol. The highest BCUT2D eigenvalue weighted by atomic mass is 16.4. The third-order valence-electron chi connectivity index (χ3n) is 17.7. The van der Waals surface area contributed by atoms with E-state index in [1.165, 1.54) is 34.7 Å². The minimum absolute atomic E-state index is 0.353. The van der Waals surface area contributed by atoms with Crippen LogP contribution in [0.4, 0.5) is 34.1 Å². The molecule has 1 spiro atoms. The van der Waals surface area contributed by atoms with Crippen LogP contribution in [0.15, 0.2) is 254 Å². The van der Waals surface area contributed by atoms with Gasteiger partial charge in [-0.05, 0) is 231 Å². The van der Waals surface area contributed by atoms with Gasteiger partial charge in [-0.1, -0.05) is 140 Å². The Morgan fingerprint density at radius 3 is 1.14 bits per heavy atom. The van der Waals surface area contributed by atoms with Gasteiger partial charge in [0.1, 0.15) is 0 Å². The lowest BCUT2D eigenvalue weighted by Gasteiger charge is -2.33. The van der Waals surface area contributed by atoms with Crippen molar-refractivity contribution in [2.24, 2.45) is 0 Å². The molecule has 0 fully saturated rings. The fraction of sp³-hybridized carbons (Fsp3) is 0.100. The molecule has 10 aromatic rings. The first-order chi connectivity index (χ1) is 44.8. The Kier molecular flexibility index (Phi) is 16.1. The monoisotopic (exact) mass is 1200 g/mol. The number of aryl methyl sites for hydroxylation is 2. The number of aliphatic carboxylic acids is 2. The molecule has 14 rings (SSSR count). The summed E-state index contributed by atoms with van der Waals surface area (Å²) in [5, 5.41) is 43.9. The van der Waals surface area contributed by atoms with E-state index in [1.54, 1.807) is 66.7 Å². The van der Waals surface area contributed by atoms with Gasteiger partial charge < -0.3 is 30.6 Å². The number of benzene rings is 10.